The molecule has 0 bridgehead atoms. The summed E-state index contributed by atoms with van der Waals surface area (Å²) in [6.07, 6.45) is 12.3. The zero-order valence-corrected chi connectivity index (χ0v) is 15.3. The Labute approximate surface area is 156 Å². The lowest BCUT2D eigenvalue weighted by Crippen LogP contribution is -2.46. The Morgan fingerprint density at radius 1 is 1.42 bits per heavy atom. The van der Waals surface area contributed by atoms with Crippen LogP contribution in [0.5, 0.6) is 0 Å². The predicted octanol–water partition coefficient (Wildman–Crippen LogP) is 2.11. The van der Waals surface area contributed by atoms with E-state index in [1.807, 2.05) is 0 Å². The van der Waals surface area contributed by atoms with Crippen molar-refractivity contribution in [2.75, 3.05) is 6.54 Å². The van der Waals surface area contributed by atoms with Crippen LogP contribution in [0.25, 0.3) is 0 Å². The number of Topliss-reactive ketones (excluding diaryl/α,β-unsaturated/α-hetero) is 1. The predicted molar refractivity (Wildman–Crippen MR) is 104 cm³/mol. The largest absolute Gasteiger partial charge is 0.346 e. The minimum absolute atomic E-state index is 0.00843. The lowest BCUT2D eigenvalue weighted by atomic mass is 9.75. The van der Waals surface area contributed by atoms with Crippen LogP contribution in [0.4, 0.5) is 0 Å². The number of nitrogens with zero attached hydrogens (tertiary/aromatic N) is 3. The molecular weight excluding hydrogens is 327 g/mol. The summed E-state index contributed by atoms with van der Waals surface area (Å²) in [5.41, 5.74) is 0.650. The summed E-state index contributed by atoms with van der Waals surface area (Å²) < 4.78 is 0. The number of hydrogen-bond donors (Lipinski definition) is 1. The normalized spacial score (nSPS) is 17.8. The number of allylic oxidation sites excluding steroid dienone is 1. The molecule has 2 rings (SSSR count). The maximum Gasteiger partial charge on any atom is 0.250 e. The van der Waals surface area contributed by atoms with Crippen molar-refractivity contribution in [1.29, 1.82) is 5.26 Å². The fourth-order valence-electron chi connectivity index (χ4n) is 3.32. The number of nitrogens with one attached hydrogen (secondary N) is 1. The van der Waals surface area contributed by atoms with Crippen LogP contribution in [0.1, 0.15) is 44.9 Å². The maximum absolute atomic E-state index is 12.7. The molecule has 26 heavy (non-hydrogen) atoms. The molecule has 0 aromatic heterocycles. The van der Waals surface area contributed by atoms with Crippen molar-refractivity contribution in [3.8, 4) is 5.97 Å². The van der Waals surface area contributed by atoms with E-state index in [0.29, 0.717) is 19.4 Å². The number of carbonyl (C=O) groups is 2. The van der Waals surface area contributed by atoms with Gasteiger partial charge in [-0.3, -0.25) is 9.59 Å². The van der Waals surface area contributed by atoms with Crippen molar-refractivity contribution < 1.29 is 9.59 Å². The molecule has 0 spiro atoms. The minimum Gasteiger partial charge on any atom is -0.346 e. The minimum atomic E-state index is -0.475. The number of ketones is 1. The van der Waals surface area contributed by atoms with Gasteiger partial charge < -0.3 is 10.2 Å². The van der Waals surface area contributed by atoms with Crippen LogP contribution in [-0.4, -0.2) is 42.8 Å². The lowest BCUT2D eigenvalue weighted by molar-refractivity contribution is -0.130. The summed E-state index contributed by atoms with van der Waals surface area (Å²) >= 11 is 0. The molecule has 1 fully saturated rings. The summed E-state index contributed by atoms with van der Waals surface area (Å²) in [5, 5.41) is 11.6. The quantitative estimate of drug-likeness (QED) is 0.481. The number of rotatable bonds is 10. The third-order valence-corrected chi connectivity index (χ3v) is 4.88. The first-order chi connectivity index (χ1) is 12.6. The molecule has 7 heteroatoms. The van der Waals surface area contributed by atoms with Crippen LogP contribution in [0.15, 0.2) is 29.5 Å². The van der Waals surface area contributed by atoms with Gasteiger partial charge in [-0.2, -0.15) is 0 Å². The summed E-state index contributed by atoms with van der Waals surface area (Å²) in [6.45, 7) is 3.92. The molecule has 6 nitrogen and oxygen atoms in total. The molecule has 1 heterocycles. The fraction of sp³-hybridized carbons (Fsp3) is 0.579. The highest BCUT2D eigenvalue weighted by Gasteiger charge is 2.27. The van der Waals surface area contributed by atoms with Crippen LogP contribution in [0.3, 0.4) is 0 Å². The molecule has 1 saturated carbocycles. The highest BCUT2D eigenvalue weighted by atomic mass is 16.2. The van der Waals surface area contributed by atoms with Gasteiger partial charge in [-0.05, 0) is 31.3 Å². The second kappa shape index (κ2) is 10.6. The zero-order chi connectivity index (χ0) is 18.8. The van der Waals surface area contributed by atoms with Gasteiger partial charge in [-0.15, -0.1) is 0 Å². The standard InChI is InChI=1S/C19H27BN4O2/c1-15-9-11-24(14-22-15)12-18(25)17(8-4-5-10-20-13-21)23-19(26)16-6-2-3-7-16/h9,11,14,16-17,20H,1-8,10,12H2,(H,23,26)/t17-/m0/s1. The molecular formula is C19H27BN4O2. The summed E-state index contributed by atoms with van der Waals surface area (Å²) in [7, 11) is 0.534. The van der Waals surface area contributed by atoms with E-state index in [1.54, 1.807) is 23.5 Å². The molecule has 0 radical (unpaired) electrons. The first-order valence-corrected chi connectivity index (χ1v) is 9.47. The highest BCUT2D eigenvalue weighted by molar-refractivity contribution is 6.44. The number of nitriles is 1. The van der Waals surface area contributed by atoms with E-state index in [-0.39, 0.29) is 24.2 Å². The van der Waals surface area contributed by atoms with Gasteiger partial charge in [0.05, 0.1) is 24.6 Å². The van der Waals surface area contributed by atoms with Crippen molar-refractivity contribution in [1.82, 2.24) is 10.2 Å². The third-order valence-electron chi connectivity index (χ3n) is 4.88. The Bertz CT molecular complexity index is 602. The van der Waals surface area contributed by atoms with Crippen LogP contribution in [0.2, 0.25) is 6.32 Å². The average molecular weight is 354 g/mol. The van der Waals surface area contributed by atoms with Gasteiger partial charge in [0.2, 0.25) is 13.2 Å². The molecule has 2 aliphatic rings. The van der Waals surface area contributed by atoms with Crippen molar-refractivity contribution in [2.24, 2.45) is 10.9 Å². The van der Waals surface area contributed by atoms with Gasteiger partial charge in [-0.25, -0.2) is 10.3 Å². The number of hydrogen-bond acceptors (Lipinski definition) is 5. The average Bonchev–Trinajstić information content (AvgIpc) is 3.17. The molecule has 0 aromatic carbocycles. The van der Waals surface area contributed by atoms with Crippen molar-refractivity contribution in [3.05, 3.63) is 24.6 Å². The van der Waals surface area contributed by atoms with Crippen LogP contribution < -0.4 is 5.32 Å². The Morgan fingerprint density at radius 3 is 2.85 bits per heavy atom. The smallest absolute Gasteiger partial charge is 0.250 e. The van der Waals surface area contributed by atoms with Crippen molar-refractivity contribution >= 4 is 25.3 Å². The van der Waals surface area contributed by atoms with E-state index in [2.05, 4.69) is 22.9 Å². The van der Waals surface area contributed by atoms with Crippen LogP contribution in [-0.2, 0) is 9.59 Å². The van der Waals surface area contributed by atoms with Gasteiger partial charge in [-0.1, -0.05) is 38.6 Å². The molecule has 1 N–H and O–H groups in total. The van der Waals surface area contributed by atoms with E-state index in [9.17, 15) is 9.59 Å². The number of amides is 1. The SMILES string of the molecule is C=C1C=CN(CC(=O)[C@H](CCCCBC#N)NC(=O)C2CCCC2)C=N1. The summed E-state index contributed by atoms with van der Waals surface area (Å²) in [6, 6.07) is -0.475. The maximum atomic E-state index is 12.7. The Kier molecular flexibility index (Phi) is 8.13. The first kappa shape index (κ1) is 20.0. The van der Waals surface area contributed by atoms with Gasteiger partial charge in [0.15, 0.2) is 5.78 Å². The Balaban J connectivity index is 1.89. The molecule has 0 saturated heterocycles. The molecule has 1 atom stereocenters. The van der Waals surface area contributed by atoms with Crippen molar-refractivity contribution in [2.45, 2.75) is 57.3 Å². The van der Waals surface area contributed by atoms with Gasteiger partial charge in [0.25, 0.3) is 0 Å². The summed E-state index contributed by atoms with van der Waals surface area (Å²) in [4.78, 5) is 31.0. The second-order valence-electron chi connectivity index (χ2n) is 6.99. The number of aliphatic imine (C=N–C) groups is 1. The van der Waals surface area contributed by atoms with Crippen molar-refractivity contribution in [3.63, 3.8) is 0 Å². The first-order valence-electron chi connectivity index (χ1n) is 9.47. The topological polar surface area (TPSA) is 85.6 Å². The molecule has 1 aliphatic heterocycles. The molecule has 1 aliphatic carbocycles. The highest BCUT2D eigenvalue weighted by Crippen LogP contribution is 2.25. The van der Waals surface area contributed by atoms with Gasteiger partial charge >= 0.3 is 0 Å². The fourth-order valence-corrected chi connectivity index (χ4v) is 3.32. The van der Waals surface area contributed by atoms with Crippen LogP contribution >= 0.6 is 0 Å². The molecule has 1 amide bonds. The second-order valence-corrected chi connectivity index (χ2v) is 6.99. The number of unbranched alkanes of at least 4 members (excludes halogenated alkanes) is 1. The zero-order valence-electron chi connectivity index (χ0n) is 15.3. The monoisotopic (exact) mass is 354 g/mol. The lowest BCUT2D eigenvalue weighted by Gasteiger charge is -2.23. The third kappa shape index (κ3) is 6.51. The van der Waals surface area contributed by atoms with E-state index < -0.39 is 6.04 Å². The van der Waals surface area contributed by atoms with Gasteiger partial charge in [0.1, 0.15) is 0 Å². The van der Waals surface area contributed by atoms with E-state index in [1.165, 1.54) is 0 Å². The van der Waals surface area contributed by atoms with E-state index in [4.69, 9.17) is 5.26 Å². The molecule has 138 valence electrons. The van der Waals surface area contributed by atoms with Crippen LogP contribution in [0, 0.1) is 17.1 Å². The molecule has 0 aromatic rings. The number of carbonyl (C=O) groups excluding carboxylic acids is 2. The summed E-state index contributed by atoms with van der Waals surface area (Å²) in [5.74, 6) is 2.17. The van der Waals surface area contributed by atoms with Gasteiger partial charge in [0, 0.05) is 12.1 Å². The van der Waals surface area contributed by atoms with E-state index in [0.717, 1.165) is 44.8 Å². The molecule has 0 unspecified atom stereocenters. The Hall–Kier alpha value is -2.36. The Morgan fingerprint density at radius 2 is 2.19 bits per heavy atom. The van der Waals surface area contributed by atoms with E-state index >= 15 is 0 Å².